The third-order valence-electron chi connectivity index (χ3n) is 3.14. The van der Waals surface area contributed by atoms with Crippen molar-refractivity contribution >= 4 is 11.6 Å². The number of benzene rings is 1. The Bertz CT molecular complexity index is 429. The average molecular weight is 277 g/mol. The summed E-state index contributed by atoms with van der Waals surface area (Å²) in [5.74, 6) is 0.743. The van der Waals surface area contributed by atoms with Crippen LogP contribution in [0.2, 0.25) is 0 Å². The Morgan fingerprint density at radius 1 is 1.20 bits per heavy atom. The second-order valence-corrected chi connectivity index (χ2v) is 5.80. The minimum atomic E-state index is 0.109. The van der Waals surface area contributed by atoms with E-state index in [2.05, 4.69) is 31.3 Å². The molecular weight excluding hydrogens is 250 g/mol. The van der Waals surface area contributed by atoms with Crippen molar-refractivity contribution < 1.29 is 4.79 Å². The van der Waals surface area contributed by atoms with E-state index in [1.54, 1.807) is 19.0 Å². The van der Waals surface area contributed by atoms with Gasteiger partial charge >= 0.3 is 0 Å². The predicted octanol–water partition coefficient (Wildman–Crippen LogP) is 1.96. The second kappa shape index (κ2) is 7.90. The lowest BCUT2D eigenvalue weighted by atomic mass is 10.1. The average Bonchev–Trinajstić information content (AvgIpc) is 2.38. The summed E-state index contributed by atoms with van der Waals surface area (Å²) < 4.78 is 0. The number of carbonyl (C=O) groups is 1. The number of likely N-dealkylation sites (N-methyl/N-ethyl adjacent to an activating group) is 2. The van der Waals surface area contributed by atoms with E-state index >= 15 is 0 Å². The monoisotopic (exact) mass is 277 g/mol. The van der Waals surface area contributed by atoms with Gasteiger partial charge in [0.25, 0.3) is 0 Å². The van der Waals surface area contributed by atoms with Crippen LogP contribution in [0.15, 0.2) is 24.3 Å². The molecule has 1 amide bonds. The van der Waals surface area contributed by atoms with Crippen LogP contribution >= 0.6 is 0 Å². The van der Waals surface area contributed by atoms with E-state index in [-0.39, 0.29) is 5.91 Å². The maximum atomic E-state index is 11.8. The van der Waals surface area contributed by atoms with Gasteiger partial charge in [-0.15, -0.1) is 0 Å². The summed E-state index contributed by atoms with van der Waals surface area (Å²) in [6.45, 7) is 6.61. The van der Waals surface area contributed by atoms with Gasteiger partial charge < -0.3 is 15.1 Å². The molecule has 112 valence electrons. The van der Waals surface area contributed by atoms with E-state index in [1.807, 2.05) is 24.1 Å². The number of rotatable bonds is 7. The van der Waals surface area contributed by atoms with E-state index in [9.17, 15) is 4.79 Å². The molecule has 0 bridgehead atoms. The Kier molecular flexibility index (Phi) is 6.52. The maximum absolute atomic E-state index is 11.8. The molecule has 0 radical (unpaired) electrons. The molecule has 0 spiro atoms. The molecule has 4 nitrogen and oxygen atoms in total. The van der Waals surface area contributed by atoms with Crippen molar-refractivity contribution in [1.29, 1.82) is 0 Å². The molecule has 0 aliphatic heterocycles. The summed E-state index contributed by atoms with van der Waals surface area (Å²) in [6, 6.07) is 8.23. The fraction of sp³-hybridized carbons (Fsp3) is 0.562. The van der Waals surface area contributed by atoms with Gasteiger partial charge in [-0.3, -0.25) is 4.79 Å². The van der Waals surface area contributed by atoms with Crippen LogP contribution in [0.3, 0.4) is 0 Å². The molecule has 1 N–H and O–H groups in total. The number of anilines is 1. The Morgan fingerprint density at radius 3 is 2.45 bits per heavy atom. The maximum Gasteiger partial charge on any atom is 0.241 e. The van der Waals surface area contributed by atoms with Crippen molar-refractivity contribution in [2.24, 2.45) is 5.92 Å². The molecule has 20 heavy (non-hydrogen) atoms. The zero-order valence-electron chi connectivity index (χ0n) is 13.3. The number of hydrogen-bond acceptors (Lipinski definition) is 3. The topological polar surface area (TPSA) is 35.6 Å². The predicted molar refractivity (Wildman–Crippen MR) is 85.0 cm³/mol. The summed E-state index contributed by atoms with van der Waals surface area (Å²) in [5, 5.41) is 3.45. The van der Waals surface area contributed by atoms with E-state index < -0.39 is 0 Å². The summed E-state index contributed by atoms with van der Waals surface area (Å²) >= 11 is 0. The summed E-state index contributed by atoms with van der Waals surface area (Å²) in [6.07, 6.45) is 0. The zero-order chi connectivity index (χ0) is 15.1. The van der Waals surface area contributed by atoms with Gasteiger partial charge in [0.2, 0.25) is 5.91 Å². The first kappa shape index (κ1) is 16.5. The highest BCUT2D eigenvalue weighted by molar-refractivity contribution is 5.81. The third kappa shape index (κ3) is 5.21. The normalized spacial score (nSPS) is 10.7. The van der Waals surface area contributed by atoms with E-state index in [0.717, 1.165) is 18.8 Å². The molecule has 0 aromatic heterocycles. The molecule has 1 aromatic carbocycles. The SMILES string of the molecule is CC(C)CNCc1ccccc1N(C)CC(=O)N(C)C. The van der Waals surface area contributed by atoms with Gasteiger partial charge in [0.1, 0.15) is 0 Å². The van der Waals surface area contributed by atoms with Gasteiger partial charge in [-0.2, -0.15) is 0 Å². The van der Waals surface area contributed by atoms with Crippen LogP contribution in [-0.2, 0) is 11.3 Å². The van der Waals surface area contributed by atoms with Crippen LogP contribution in [0, 0.1) is 5.92 Å². The van der Waals surface area contributed by atoms with E-state index in [0.29, 0.717) is 12.5 Å². The Labute approximate surface area is 122 Å². The number of nitrogens with zero attached hydrogens (tertiary/aromatic N) is 2. The summed E-state index contributed by atoms with van der Waals surface area (Å²) in [5.41, 5.74) is 2.33. The Hall–Kier alpha value is -1.55. The van der Waals surface area contributed by atoms with Gasteiger partial charge in [0.15, 0.2) is 0 Å². The quantitative estimate of drug-likeness (QED) is 0.827. The smallest absolute Gasteiger partial charge is 0.241 e. The first-order valence-corrected chi connectivity index (χ1v) is 7.11. The summed E-state index contributed by atoms with van der Waals surface area (Å²) in [7, 11) is 5.53. The van der Waals surface area contributed by atoms with Gasteiger partial charge in [-0.05, 0) is 24.1 Å². The highest BCUT2D eigenvalue weighted by atomic mass is 16.2. The van der Waals surface area contributed by atoms with Crippen LogP contribution in [0.4, 0.5) is 5.69 Å². The molecule has 0 aliphatic carbocycles. The molecule has 4 heteroatoms. The van der Waals surface area contributed by atoms with E-state index in [4.69, 9.17) is 0 Å². The molecule has 0 fully saturated rings. The largest absolute Gasteiger partial charge is 0.365 e. The number of carbonyl (C=O) groups excluding carboxylic acids is 1. The van der Waals surface area contributed by atoms with Crippen molar-refractivity contribution in [3.8, 4) is 0 Å². The molecule has 0 heterocycles. The number of hydrogen-bond donors (Lipinski definition) is 1. The lowest BCUT2D eigenvalue weighted by Crippen LogP contribution is -2.35. The van der Waals surface area contributed by atoms with Crippen molar-refractivity contribution in [3.05, 3.63) is 29.8 Å². The fourth-order valence-corrected chi connectivity index (χ4v) is 1.96. The minimum Gasteiger partial charge on any atom is -0.365 e. The molecule has 1 aromatic rings. The van der Waals surface area contributed by atoms with Crippen molar-refractivity contribution in [3.63, 3.8) is 0 Å². The van der Waals surface area contributed by atoms with Crippen LogP contribution in [-0.4, -0.2) is 45.0 Å². The van der Waals surface area contributed by atoms with Gasteiger partial charge in [0, 0.05) is 33.4 Å². The lowest BCUT2D eigenvalue weighted by Gasteiger charge is -2.24. The lowest BCUT2D eigenvalue weighted by molar-refractivity contribution is -0.127. The van der Waals surface area contributed by atoms with Crippen molar-refractivity contribution in [1.82, 2.24) is 10.2 Å². The number of para-hydroxylation sites is 1. The highest BCUT2D eigenvalue weighted by Crippen LogP contribution is 2.19. The first-order valence-electron chi connectivity index (χ1n) is 7.11. The molecule has 0 unspecified atom stereocenters. The van der Waals surface area contributed by atoms with Gasteiger partial charge in [0.05, 0.1) is 6.54 Å². The number of amides is 1. The first-order chi connectivity index (χ1) is 9.41. The molecule has 1 rings (SSSR count). The fourth-order valence-electron chi connectivity index (χ4n) is 1.96. The minimum absolute atomic E-state index is 0.109. The standard InChI is InChI=1S/C16H27N3O/c1-13(2)10-17-11-14-8-6-7-9-15(14)19(5)12-16(20)18(3)4/h6-9,13,17H,10-12H2,1-5H3. The van der Waals surface area contributed by atoms with Crippen molar-refractivity contribution in [2.75, 3.05) is 39.1 Å². The van der Waals surface area contributed by atoms with Gasteiger partial charge in [-0.1, -0.05) is 32.0 Å². The van der Waals surface area contributed by atoms with Gasteiger partial charge in [-0.25, -0.2) is 0 Å². The van der Waals surface area contributed by atoms with Crippen LogP contribution in [0.1, 0.15) is 19.4 Å². The number of nitrogens with one attached hydrogen (secondary N) is 1. The third-order valence-corrected chi connectivity index (χ3v) is 3.14. The molecule has 0 saturated carbocycles. The zero-order valence-corrected chi connectivity index (χ0v) is 13.3. The molecule has 0 saturated heterocycles. The van der Waals surface area contributed by atoms with Crippen LogP contribution in [0.5, 0.6) is 0 Å². The second-order valence-electron chi connectivity index (χ2n) is 5.80. The molecule has 0 atom stereocenters. The Balaban J connectivity index is 2.71. The van der Waals surface area contributed by atoms with Crippen LogP contribution < -0.4 is 10.2 Å². The summed E-state index contributed by atoms with van der Waals surface area (Å²) in [4.78, 5) is 15.4. The van der Waals surface area contributed by atoms with E-state index in [1.165, 1.54) is 5.56 Å². The Morgan fingerprint density at radius 2 is 1.85 bits per heavy atom. The molecular formula is C16H27N3O. The highest BCUT2D eigenvalue weighted by Gasteiger charge is 2.12. The molecule has 0 aliphatic rings. The van der Waals surface area contributed by atoms with Crippen LogP contribution in [0.25, 0.3) is 0 Å². The van der Waals surface area contributed by atoms with Crippen molar-refractivity contribution in [2.45, 2.75) is 20.4 Å².